The number of fused-ring (bicyclic) bond motifs is 1. The zero-order chi connectivity index (χ0) is 15.1. The van der Waals surface area contributed by atoms with Crippen LogP contribution < -0.4 is 0 Å². The number of hydrogen-bond acceptors (Lipinski definition) is 1. The van der Waals surface area contributed by atoms with Gasteiger partial charge in [0.25, 0.3) is 0 Å². The Morgan fingerprint density at radius 3 is 2.55 bits per heavy atom. The van der Waals surface area contributed by atoms with Crippen molar-refractivity contribution in [1.29, 1.82) is 0 Å². The van der Waals surface area contributed by atoms with E-state index in [1.54, 1.807) is 0 Å². The first-order chi connectivity index (χ1) is 10.7. The molecule has 0 atom stereocenters. The Balaban J connectivity index is 1.88. The van der Waals surface area contributed by atoms with Crippen LogP contribution in [-0.4, -0.2) is 14.3 Å². The Labute approximate surface area is 129 Å². The van der Waals surface area contributed by atoms with Gasteiger partial charge in [-0.15, -0.1) is 0 Å². The molecule has 22 heavy (non-hydrogen) atoms. The largest absolute Gasteiger partial charge is 0.348 e. The minimum absolute atomic E-state index is 1.09. The first-order valence-corrected chi connectivity index (χ1v) is 7.40. The van der Waals surface area contributed by atoms with E-state index in [0.717, 1.165) is 11.4 Å². The van der Waals surface area contributed by atoms with Crippen molar-refractivity contribution in [1.82, 2.24) is 14.3 Å². The summed E-state index contributed by atoms with van der Waals surface area (Å²) >= 11 is 0. The van der Waals surface area contributed by atoms with Crippen molar-refractivity contribution in [3.05, 3.63) is 72.6 Å². The molecule has 0 radical (unpaired) electrons. The Bertz CT molecular complexity index is 945. The van der Waals surface area contributed by atoms with Crippen molar-refractivity contribution in [2.24, 2.45) is 7.05 Å². The van der Waals surface area contributed by atoms with E-state index < -0.39 is 0 Å². The highest BCUT2D eigenvalue weighted by Crippen LogP contribution is 2.25. The molecule has 108 valence electrons. The molecular formula is C19H17N3. The molecule has 3 heteroatoms. The van der Waals surface area contributed by atoms with E-state index in [2.05, 4.69) is 78.2 Å². The second-order valence-electron chi connectivity index (χ2n) is 5.58. The molecule has 0 spiro atoms. The number of benzene rings is 2. The van der Waals surface area contributed by atoms with Crippen LogP contribution >= 0.6 is 0 Å². The van der Waals surface area contributed by atoms with Crippen LogP contribution in [0.4, 0.5) is 0 Å². The lowest BCUT2D eigenvalue weighted by Crippen LogP contribution is -1.98. The highest BCUT2D eigenvalue weighted by molar-refractivity contribution is 5.83. The smallest absolute Gasteiger partial charge is 0.0740 e. The highest BCUT2D eigenvalue weighted by Gasteiger charge is 2.09. The lowest BCUT2D eigenvalue weighted by molar-refractivity contribution is 0.888. The number of aryl methyl sites for hydroxylation is 2. The van der Waals surface area contributed by atoms with Gasteiger partial charge in [0, 0.05) is 29.2 Å². The predicted octanol–water partition coefficient (Wildman–Crippen LogP) is 4.34. The zero-order valence-corrected chi connectivity index (χ0v) is 12.7. The standard InChI is InChI=1S/C19H17N3/c1-14-12-16-13-17(8-9-18(16)21(14)2)22-19(10-11-20-22)15-6-4-3-5-7-15/h3-13H,1-2H3. The monoisotopic (exact) mass is 287 g/mol. The molecule has 2 aromatic heterocycles. The molecule has 0 amide bonds. The lowest BCUT2D eigenvalue weighted by Gasteiger charge is -2.08. The topological polar surface area (TPSA) is 22.8 Å². The average molecular weight is 287 g/mol. The minimum Gasteiger partial charge on any atom is -0.348 e. The second kappa shape index (κ2) is 4.88. The van der Waals surface area contributed by atoms with Crippen LogP contribution in [0.5, 0.6) is 0 Å². The third kappa shape index (κ3) is 1.94. The number of nitrogens with zero attached hydrogens (tertiary/aromatic N) is 3. The first kappa shape index (κ1) is 12.9. The minimum atomic E-state index is 1.09. The Hall–Kier alpha value is -2.81. The normalized spacial score (nSPS) is 11.2. The van der Waals surface area contributed by atoms with E-state index in [1.807, 2.05) is 16.9 Å². The van der Waals surface area contributed by atoms with Crippen LogP contribution in [-0.2, 0) is 7.05 Å². The number of aromatic nitrogens is 3. The van der Waals surface area contributed by atoms with Crippen molar-refractivity contribution < 1.29 is 0 Å². The van der Waals surface area contributed by atoms with Crippen LogP contribution in [0.25, 0.3) is 27.8 Å². The molecule has 3 nitrogen and oxygen atoms in total. The van der Waals surface area contributed by atoms with Gasteiger partial charge in [-0.1, -0.05) is 30.3 Å². The fourth-order valence-electron chi connectivity index (χ4n) is 2.94. The Morgan fingerprint density at radius 2 is 1.73 bits per heavy atom. The summed E-state index contributed by atoms with van der Waals surface area (Å²) in [5.41, 5.74) is 5.87. The molecular weight excluding hydrogens is 270 g/mol. The van der Waals surface area contributed by atoms with E-state index in [1.165, 1.54) is 22.2 Å². The number of rotatable bonds is 2. The van der Waals surface area contributed by atoms with Crippen LogP contribution in [0, 0.1) is 6.92 Å². The molecule has 0 N–H and O–H groups in total. The van der Waals surface area contributed by atoms with Crippen LogP contribution in [0.2, 0.25) is 0 Å². The third-order valence-electron chi connectivity index (χ3n) is 4.22. The van der Waals surface area contributed by atoms with Crippen LogP contribution in [0.3, 0.4) is 0 Å². The van der Waals surface area contributed by atoms with Crippen LogP contribution in [0.15, 0.2) is 66.9 Å². The Morgan fingerprint density at radius 1 is 0.909 bits per heavy atom. The van der Waals surface area contributed by atoms with Gasteiger partial charge in [0.2, 0.25) is 0 Å². The van der Waals surface area contributed by atoms with Gasteiger partial charge in [0.15, 0.2) is 0 Å². The maximum atomic E-state index is 4.51. The lowest BCUT2D eigenvalue weighted by atomic mass is 10.1. The molecule has 4 aromatic rings. The summed E-state index contributed by atoms with van der Waals surface area (Å²) in [5, 5.41) is 5.75. The fourth-order valence-corrected chi connectivity index (χ4v) is 2.94. The van der Waals surface area contributed by atoms with Gasteiger partial charge in [-0.3, -0.25) is 0 Å². The molecule has 0 unspecified atom stereocenters. The maximum absolute atomic E-state index is 4.51. The predicted molar refractivity (Wildman–Crippen MR) is 90.2 cm³/mol. The quantitative estimate of drug-likeness (QED) is 0.538. The molecule has 0 saturated heterocycles. The highest BCUT2D eigenvalue weighted by atomic mass is 15.3. The molecule has 0 saturated carbocycles. The molecule has 0 aliphatic rings. The number of hydrogen-bond donors (Lipinski definition) is 0. The summed E-state index contributed by atoms with van der Waals surface area (Å²) in [6, 6.07) is 21.1. The maximum Gasteiger partial charge on any atom is 0.0740 e. The molecule has 0 fully saturated rings. The zero-order valence-electron chi connectivity index (χ0n) is 12.7. The molecule has 0 bridgehead atoms. The summed E-state index contributed by atoms with van der Waals surface area (Å²) < 4.78 is 4.21. The van der Waals surface area contributed by atoms with Gasteiger partial charge in [0.1, 0.15) is 0 Å². The van der Waals surface area contributed by atoms with E-state index in [0.29, 0.717) is 0 Å². The fraction of sp³-hybridized carbons (Fsp3) is 0.105. The SMILES string of the molecule is Cc1cc2cc(-n3nccc3-c3ccccc3)ccc2n1C. The van der Waals surface area contributed by atoms with Crippen molar-refractivity contribution in [3.63, 3.8) is 0 Å². The summed E-state index contributed by atoms with van der Waals surface area (Å²) in [7, 11) is 2.10. The van der Waals surface area contributed by atoms with Gasteiger partial charge in [-0.05, 0) is 37.3 Å². The van der Waals surface area contributed by atoms with E-state index in [9.17, 15) is 0 Å². The summed E-state index contributed by atoms with van der Waals surface area (Å²) in [5.74, 6) is 0. The van der Waals surface area contributed by atoms with Gasteiger partial charge < -0.3 is 4.57 Å². The molecule has 2 aromatic carbocycles. The average Bonchev–Trinajstić information content (AvgIpc) is 3.14. The van der Waals surface area contributed by atoms with E-state index in [-0.39, 0.29) is 0 Å². The van der Waals surface area contributed by atoms with Crippen molar-refractivity contribution in [3.8, 4) is 16.9 Å². The van der Waals surface area contributed by atoms with Crippen LogP contribution in [0.1, 0.15) is 5.69 Å². The van der Waals surface area contributed by atoms with Gasteiger partial charge >= 0.3 is 0 Å². The van der Waals surface area contributed by atoms with Gasteiger partial charge in [-0.25, -0.2) is 4.68 Å². The first-order valence-electron chi connectivity index (χ1n) is 7.40. The summed E-state index contributed by atoms with van der Waals surface area (Å²) in [4.78, 5) is 0. The van der Waals surface area contributed by atoms with E-state index >= 15 is 0 Å². The molecule has 4 rings (SSSR count). The third-order valence-corrected chi connectivity index (χ3v) is 4.22. The summed E-state index contributed by atoms with van der Waals surface area (Å²) in [6.45, 7) is 2.13. The van der Waals surface area contributed by atoms with Crippen molar-refractivity contribution >= 4 is 10.9 Å². The van der Waals surface area contributed by atoms with Crippen molar-refractivity contribution in [2.75, 3.05) is 0 Å². The van der Waals surface area contributed by atoms with Gasteiger partial charge in [0.05, 0.1) is 17.6 Å². The summed E-state index contributed by atoms with van der Waals surface area (Å²) in [6.07, 6.45) is 1.85. The van der Waals surface area contributed by atoms with Crippen molar-refractivity contribution in [2.45, 2.75) is 6.92 Å². The second-order valence-corrected chi connectivity index (χ2v) is 5.58. The molecule has 0 aliphatic heterocycles. The van der Waals surface area contributed by atoms with Gasteiger partial charge in [-0.2, -0.15) is 5.10 Å². The Kier molecular flexibility index (Phi) is 2.86. The van der Waals surface area contributed by atoms with E-state index in [4.69, 9.17) is 0 Å². The molecule has 2 heterocycles. The molecule has 0 aliphatic carbocycles.